The molecular formula is C11H22F3N. The summed E-state index contributed by atoms with van der Waals surface area (Å²) in [6.07, 6.45) is -2.51. The van der Waals surface area contributed by atoms with Crippen LogP contribution in [0.3, 0.4) is 0 Å². The zero-order valence-electron chi connectivity index (χ0n) is 9.82. The average molecular weight is 225 g/mol. The van der Waals surface area contributed by atoms with Gasteiger partial charge in [-0.1, -0.05) is 27.2 Å². The lowest BCUT2D eigenvalue weighted by Crippen LogP contribution is -2.35. The summed E-state index contributed by atoms with van der Waals surface area (Å²) in [5.41, 5.74) is 0. The largest absolute Gasteiger partial charge is 0.389 e. The summed E-state index contributed by atoms with van der Waals surface area (Å²) in [6.45, 7) is 6.74. The van der Waals surface area contributed by atoms with Gasteiger partial charge in [0.2, 0.25) is 0 Å². The molecule has 4 heteroatoms. The maximum absolute atomic E-state index is 12.1. The number of nitrogens with one attached hydrogen (secondary N) is 1. The molecule has 0 rings (SSSR count). The van der Waals surface area contributed by atoms with E-state index in [1.165, 1.54) is 0 Å². The molecule has 0 amide bonds. The van der Waals surface area contributed by atoms with Crippen LogP contribution in [0.4, 0.5) is 13.2 Å². The van der Waals surface area contributed by atoms with Crippen molar-refractivity contribution in [2.45, 2.75) is 58.7 Å². The van der Waals surface area contributed by atoms with Crippen molar-refractivity contribution in [1.82, 2.24) is 5.32 Å². The standard InChI is InChI=1S/C11H22F3N/c1-4-6-9(3)10(15-5-2)7-8-11(12,13)14/h9-10,15H,4-8H2,1-3H3. The average Bonchev–Trinajstić information content (AvgIpc) is 2.11. The molecule has 0 aromatic carbocycles. The first-order chi connectivity index (χ1) is 6.90. The van der Waals surface area contributed by atoms with Crippen molar-refractivity contribution in [2.75, 3.05) is 6.54 Å². The third-order valence-electron chi connectivity index (χ3n) is 2.64. The molecule has 0 heterocycles. The van der Waals surface area contributed by atoms with Crippen LogP contribution in [0.25, 0.3) is 0 Å². The van der Waals surface area contributed by atoms with Crippen molar-refractivity contribution in [3.05, 3.63) is 0 Å². The minimum atomic E-state index is -4.03. The highest BCUT2D eigenvalue weighted by atomic mass is 19.4. The molecule has 2 atom stereocenters. The van der Waals surface area contributed by atoms with E-state index in [4.69, 9.17) is 0 Å². The second-order valence-electron chi connectivity index (χ2n) is 4.08. The first-order valence-electron chi connectivity index (χ1n) is 5.70. The number of rotatable bonds is 7. The van der Waals surface area contributed by atoms with Crippen molar-refractivity contribution < 1.29 is 13.2 Å². The lowest BCUT2D eigenvalue weighted by molar-refractivity contribution is -0.137. The molecule has 0 radical (unpaired) electrons. The van der Waals surface area contributed by atoms with Gasteiger partial charge in [-0.25, -0.2) is 0 Å². The second-order valence-corrected chi connectivity index (χ2v) is 4.08. The molecule has 92 valence electrons. The van der Waals surface area contributed by atoms with Crippen LogP contribution in [0.2, 0.25) is 0 Å². The highest BCUT2D eigenvalue weighted by Gasteiger charge is 2.29. The van der Waals surface area contributed by atoms with Gasteiger partial charge >= 0.3 is 6.18 Å². The van der Waals surface area contributed by atoms with E-state index in [1.54, 1.807) is 0 Å². The van der Waals surface area contributed by atoms with Gasteiger partial charge in [0.25, 0.3) is 0 Å². The van der Waals surface area contributed by atoms with Gasteiger partial charge in [-0.05, 0) is 25.3 Å². The highest BCUT2D eigenvalue weighted by Crippen LogP contribution is 2.25. The normalized spacial score (nSPS) is 16.4. The fraction of sp³-hybridized carbons (Fsp3) is 1.00. The molecular weight excluding hydrogens is 203 g/mol. The number of alkyl halides is 3. The molecule has 0 aromatic rings. The van der Waals surface area contributed by atoms with Crippen LogP contribution in [0, 0.1) is 5.92 Å². The minimum absolute atomic E-state index is 0.00317. The van der Waals surface area contributed by atoms with Crippen LogP contribution in [0.1, 0.15) is 46.5 Å². The molecule has 0 spiro atoms. The Hall–Kier alpha value is -0.250. The lowest BCUT2D eigenvalue weighted by Gasteiger charge is -2.25. The Bertz CT molecular complexity index is 156. The molecule has 0 fully saturated rings. The summed E-state index contributed by atoms with van der Waals surface area (Å²) in [5.74, 6) is 0.317. The van der Waals surface area contributed by atoms with E-state index in [0.717, 1.165) is 19.4 Å². The van der Waals surface area contributed by atoms with Gasteiger partial charge in [0.05, 0.1) is 0 Å². The van der Waals surface area contributed by atoms with Crippen LogP contribution in [-0.4, -0.2) is 18.8 Å². The molecule has 15 heavy (non-hydrogen) atoms. The molecule has 0 aliphatic rings. The molecule has 0 bridgehead atoms. The summed E-state index contributed by atoms with van der Waals surface area (Å²) in [4.78, 5) is 0. The van der Waals surface area contributed by atoms with E-state index in [-0.39, 0.29) is 12.5 Å². The van der Waals surface area contributed by atoms with Gasteiger partial charge in [0.15, 0.2) is 0 Å². The molecule has 0 aliphatic heterocycles. The molecule has 0 saturated heterocycles. The van der Waals surface area contributed by atoms with E-state index >= 15 is 0 Å². The Kier molecular flexibility index (Phi) is 6.98. The third kappa shape index (κ3) is 7.65. The molecule has 0 aromatic heterocycles. The van der Waals surface area contributed by atoms with Crippen molar-refractivity contribution in [2.24, 2.45) is 5.92 Å². The molecule has 1 nitrogen and oxygen atoms in total. The van der Waals surface area contributed by atoms with Crippen LogP contribution < -0.4 is 5.32 Å². The predicted molar refractivity (Wildman–Crippen MR) is 56.8 cm³/mol. The second kappa shape index (κ2) is 7.09. The maximum Gasteiger partial charge on any atom is 0.389 e. The van der Waals surface area contributed by atoms with Gasteiger partial charge < -0.3 is 5.32 Å². The Morgan fingerprint density at radius 2 is 1.73 bits per heavy atom. The van der Waals surface area contributed by atoms with E-state index in [1.807, 2.05) is 13.8 Å². The van der Waals surface area contributed by atoms with Crippen LogP contribution in [-0.2, 0) is 0 Å². The van der Waals surface area contributed by atoms with Crippen LogP contribution >= 0.6 is 0 Å². The topological polar surface area (TPSA) is 12.0 Å². The van der Waals surface area contributed by atoms with Crippen LogP contribution in [0.15, 0.2) is 0 Å². The predicted octanol–water partition coefficient (Wildman–Crippen LogP) is 3.74. The summed E-state index contributed by atoms with van der Waals surface area (Å²) >= 11 is 0. The number of hydrogen-bond donors (Lipinski definition) is 1. The molecule has 2 unspecified atom stereocenters. The van der Waals surface area contributed by atoms with E-state index in [2.05, 4.69) is 12.2 Å². The van der Waals surface area contributed by atoms with E-state index in [0.29, 0.717) is 5.92 Å². The summed E-state index contributed by atoms with van der Waals surface area (Å²) < 4.78 is 36.2. The monoisotopic (exact) mass is 225 g/mol. The minimum Gasteiger partial charge on any atom is -0.314 e. The van der Waals surface area contributed by atoms with Crippen molar-refractivity contribution >= 4 is 0 Å². The smallest absolute Gasteiger partial charge is 0.314 e. The van der Waals surface area contributed by atoms with Gasteiger partial charge in [-0.3, -0.25) is 0 Å². The van der Waals surface area contributed by atoms with E-state index in [9.17, 15) is 13.2 Å². The fourth-order valence-corrected chi connectivity index (χ4v) is 1.83. The Labute approximate surface area is 90.4 Å². The number of halogens is 3. The van der Waals surface area contributed by atoms with Crippen molar-refractivity contribution in [3.63, 3.8) is 0 Å². The third-order valence-corrected chi connectivity index (χ3v) is 2.64. The van der Waals surface area contributed by atoms with Gasteiger partial charge in [-0.15, -0.1) is 0 Å². The summed E-state index contributed by atoms with van der Waals surface area (Å²) in [5, 5.41) is 3.14. The SMILES string of the molecule is CCCC(C)C(CCC(F)(F)F)NCC. The number of hydrogen-bond acceptors (Lipinski definition) is 1. The molecule has 0 aliphatic carbocycles. The Morgan fingerprint density at radius 1 is 1.13 bits per heavy atom. The maximum atomic E-state index is 12.1. The molecule has 0 saturated carbocycles. The first kappa shape index (κ1) is 14.8. The Morgan fingerprint density at radius 3 is 2.13 bits per heavy atom. The van der Waals surface area contributed by atoms with Gasteiger partial charge in [0, 0.05) is 12.5 Å². The summed E-state index contributed by atoms with van der Waals surface area (Å²) in [6, 6.07) is -0.00317. The summed E-state index contributed by atoms with van der Waals surface area (Å²) in [7, 11) is 0. The quantitative estimate of drug-likeness (QED) is 0.696. The van der Waals surface area contributed by atoms with Gasteiger partial charge in [-0.2, -0.15) is 13.2 Å². The lowest BCUT2D eigenvalue weighted by atomic mass is 9.93. The van der Waals surface area contributed by atoms with Crippen molar-refractivity contribution in [1.29, 1.82) is 0 Å². The zero-order chi connectivity index (χ0) is 11.9. The van der Waals surface area contributed by atoms with E-state index < -0.39 is 12.6 Å². The van der Waals surface area contributed by atoms with Gasteiger partial charge in [0.1, 0.15) is 0 Å². The fourth-order valence-electron chi connectivity index (χ4n) is 1.83. The highest BCUT2D eigenvalue weighted by molar-refractivity contribution is 4.74. The molecule has 1 N–H and O–H groups in total. The zero-order valence-corrected chi connectivity index (χ0v) is 9.82. The first-order valence-corrected chi connectivity index (χ1v) is 5.70. The van der Waals surface area contributed by atoms with Crippen molar-refractivity contribution in [3.8, 4) is 0 Å². The van der Waals surface area contributed by atoms with Crippen LogP contribution in [0.5, 0.6) is 0 Å². The Balaban J connectivity index is 4.03.